The summed E-state index contributed by atoms with van der Waals surface area (Å²) in [6, 6.07) is 20.3. The predicted molar refractivity (Wildman–Crippen MR) is 112 cm³/mol. The van der Waals surface area contributed by atoms with Gasteiger partial charge in [0.25, 0.3) is 0 Å². The summed E-state index contributed by atoms with van der Waals surface area (Å²) in [5, 5.41) is 3.00. The molecular formula is C24H26N2O. The monoisotopic (exact) mass is 358 g/mol. The second kappa shape index (κ2) is 8.17. The number of benzene rings is 2. The number of aryl methyl sites for hydroxylation is 1. The van der Waals surface area contributed by atoms with E-state index in [-0.39, 0.29) is 11.3 Å². The fourth-order valence-electron chi connectivity index (χ4n) is 2.96. The molecule has 3 heteroatoms. The second-order valence-corrected chi connectivity index (χ2v) is 7.82. The second-order valence-electron chi connectivity index (χ2n) is 7.82. The van der Waals surface area contributed by atoms with Gasteiger partial charge in [0.1, 0.15) is 0 Å². The Morgan fingerprint density at radius 3 is 2.37 bits per heavy atom. The van der Waals surface area contributed by atoms with Crippen LogP contribution in [0.15, 0.2) is 73.1 Å². The Hall–Kier alpha value is -2.94. The number of carbonyl (C=O) groups is 1. The highest BCUT2D eigenvalue weighted by atomic mass is 16.1. The highest BCUT2D eigenvalue weighted by molar-refractivity contribution is 5.91. The van der Waals surface area contributed by atoms with Crippen LogP contribution in [-0.4, -0.2) is 10.9 Å². The van der Waals surface area contributed by atoms with Crippen molar-refractivity contribution in [3.63, 3.8) is 0 Å². The van der Waals surface area contributed by atoms with Crippen LogP contribution >= 0.6 is 0 Å². The van der Waals surface area contributed by atoms with Gasteiger partial charge in [-0.15, -0.1) is 0 Å². The van der Waals surface area contributed by atoms with Crippen LogP contribution in [0, 0.1) is 0 Å². The summed E-state index contributed by atoms with van der Waals surface area (Å²) in [6.07, 6.45) is 4.77. The number of carbonyl (C=O) groups excluding carboxylic acids is 1. The summed E-state index contributed by atoms with van der Waals surface area (Å²) in [7, 11) is 0. The zero-order valence-electron chi connectivity index (χ0n) is 16.2. The number of hydrogen-bond acceptors (Lipinski definition) is 2. The first-order valence-corrected chi connectivity index (χ1v) is 9.31. The van der Waals surface area contributed by atoms with Gasteiger partial charge in [-0.1, -0.05) is 63.2 Å². The molecule has 3 rings (SSSR count). The molecule has 2 aromatic carbocycles. The molecule has 138 valence electrons. The van der Waals surface area contributed by atoms with E-state index in [0.29, 0.717) is 6.42 Å². The maximum atomic E-state index is 12.3. The highest BCUT2D eigenvalue weighted by Crippen LogP contribution is 2.23. The van der Waals surface area contributed by atoms with Crippen LogP contribution in [0.5, 0.6) is 0 Å². The average Bonchev–Trinajstić information content (AvgIpc) is 2.67. The first kappa shape index (κ1) is 18.8. The summed E-state index contributed by atoms with van der Waals surface area (Å²) < 4.78 is 0. The molecule has 0 bridgehead atoms. The zero-order chi connectivity index (χ0) is 19.3. The van der Waals surface area contributed by atoms with Crippen LogP contribution in [0.4, 0.5) is 5.69 Å². The van der Waals surface area contributed by atoms with Crippen molar-refractivity contribution in [1.82, 2.24) is 4.98 Å². The van der Waals surface area contributed by atoms with Crippen molar-refractivity contribution in [3.8, 4) is 11.1 Å². The molecule has 0 atom stereocenters. The number of nitrogens with zero attached hydrogens (tertiary/aromatic N) is 1. The molecule has 0 unspecified atom stereocenters. The van der Waals surface area contributed by atoms with Gasteiger partial charge < -0.3 is 5.32 Å². The molecule has 3 nitrogen and oxygen atoms in total. The molecule has 0 spiro atoms. The lowest BCUT2D eigenvalue weighted by molar-refractivity contribution is -0.116. The van der Waals surface area contributed by atoms with Crippen LogP contribution < -0.4 is 5.32 Å². The molecule has 27 heavy (non-hydrogen) atoms. The first-order chi connectivity index (χ1) is 12.9. The lowest BCUT2D eigenvalue weighted by atomic mass is 9.86. The summed E-state index contributed by atoms with van der Waals surface area (Å²) >= 11 is 0. The van der Waals surface area contributed by atoms with Gasteiger partial charge in [0.2, 0.25) is 5.91 Å². The molecule has 0 radical (unpaired) electrons. The molecule has 1 N–H and O–H groups in total. The minimum absolute atomic E-state index is 0.0261. The van der Waals surface area contributed by atoms with Crippen molar-refractivity contribution in [2.45, 2.75) is 39.0 Å². The van der Waals surface area contributed by atoms with Gasteiger partial charge in [0.05, 0.1) is 0 Å². The van der Waals surface area contributed by atoms with Gasteiger partial charge in [-0.25, -0.2) is 0 Å². The molecule has 1 amide bonds. The summed E-state index contributed by atoms with van der Waals surface area (Å²) in [4.78, 5) is 16.5. The van der Waals surface area contributed by atoms with E-state index in [1.165, 1.54) is 11.1 Å². The van der Waals surface area contributed by atoms with Gasteiger partial charge in [-0.3, -0.25) is 9.78 Å². The minimum atomic E-state index is 0.0261. The molecule has 0 aliphatic carbocycles. The molecule has 1 heterocycles. The number of nitrogens with one attached hydrogen (secondary N) is 1. The van der Waals surface area contributed by atoms with Crippen molar-refractivity contribution >= 4 is 11.6 Å². The lowest BCUT2D eigenvalue weighted by Crippen LogP contribution is -2.13. The smallest absolute Gasteiger partial charge is 0.224 e. The van der Waals surface area contributed by atoms with E-state index >= 15 is 0 Å². The van der Waals surface area contributed by atoms with Crippen molar-refractivity contribution < 1.29 is 4.79 Å². The van der Waals surface area contributed by atoms with Gasteiger partial charge in [0.15, 0.2) is 0 Å². The molecule has 3 aromatic rings. The van der Waals surface area contributed by atoms with Gasteiger partial charge in [0, 0.05) is 30.1 Å². The van der Waals surface area contributed by atoms with E-state index in [1.807, 2.05) is 42.6 Å². The Bertz CT molecular complexity index is 894. The Balaban J connectivity index is 1.58. The van der Waals surface area contributed by atoms with E-state index in [1.54, 1.807) is 6.20 Å². The van der Waals surface area contributed by atoms with Gasteiger partial charge in [-0.05, 0) is 46.7 Å². The number of amides is 1. The van der Waals surface area contributed by atoms with Crippen LogP contribution in [0.25, 0.3) is 11.1 Å². The third-order valence-corrected chi connectivity index (χ3v) is 4.60. The minimum Gasteiger partial charge on any atom is -0.326 e. The molecule has 0 fully saturated rings. The Morgan fingerprint density at radius 2 is 1.70 bits per heavy atom. The Labute approximate surface area is 161 Å². The number of rotatable bonds is 5. The highest BCUT2D eigenvalue weighted by Gasteiger charge is 2.13. The zero-order valence-corrected chi connectivity index (χ0v) is 16.2. The normalized spacial score (nSPS) is 11.2. The number of hydrogen-bond donors (Lipinski definition) is 1. The summed E-state index contributed by atoms with van der Waals surface area (Å²) in [5.41, 5.74) is 5.52. The third kappa shape index (κ3) is 5.27. The Kier molecular flexibility index (Phi) is 5.70. The fourth-order valence-corrected chi connectivity index (χ4v) is 2.96. The molecule has 0 aliphatic rings. The van der Waals surface area contributed by atoms with Crippen molar-refractivity contribution in [1.29, 1.82) is 0 Å². The number of anilines is 1. The SMILES string of the molecule is CC(C)(C)c1ccc(CCC(=O)Nc2cccc(-c3cccnc3)c2)cc1. The van der Waals surface area contributed by atoms with E-state index in [2.05, 4.69) is 55.3 Å². The first-order valence-electron chi connectivity index (χ1n) is 9.31. The van der Waals surface area contributed by atoms with E-state index < -0.39 is 0 Å². The van der Waals surface area contributed by atoms with E-state index in [0.717, 1.165) is 23.2 Å². The van der Waals surface area contributed by atoms with E-state index in [9.17, 15) is 4.79 Å². The van der Waals surface area contributed by atoms with Crippen molar-refractivity contribution in [2.75, 3.05) is 5.32 Å². The van der Waals surface area contributed by atoms with Crippen LogP contribution in [-0.2, 0) is 16.6 Å². The number of pyridine rings is 1. The van der Waals surface area contributed by atoms with Crippen LogP contribution in [0.1, 0.15) is 38.3 Å². The van der Waals surface area contributed by atoms with Gasteiger partial charge >= 0.3 is 0 Å². The van der Waals surface area contributed by atoms with Crippen molar-refractivity contribution in [3.05, 3.63) is 84.2 Å². The third-order valence-electron chi connectivity index (χ3n) is 4.60. The summed E-state index contributed by atoms with van der Waals surface area (Å²) in [5.74, 6) is 0.0261. The Morgan fingerprint density at radius 1 is 0.963 bits per heavy atom. The van der Waals surface area contributed by atoms with E-state index in [4.69, 9.17) is 0 Å². The maximum absolute atomic E-state index is 12.3. The van der Waals surface area contributed by atoms with Gasteiger partial charge in [-0.2, -0.15) is 0 Å². The number of aromatic nitrogens is 1. The predicted octanol–water partition coefficient (Wildman–Crippen LogP) is 5.62. The fraction of sp³-hybridized carbons (Fsp3) is 0.250. The molecule has 0 saturated carbocycles. The van der Waals surface area contributed by atoms with Crippen molar-refractivity contribution in [2.24, 2.45) is 0 Å². The molecule has 0 aliphatic heterocycles. The van der Waals surface area contributed by atoms with Crippen LogP contribution in [0.3, 0.4) is 0 Å². The topological polar surface area (TPSA) is 42.0 Å². The molecule has 1 aromatic heterocycles. The summed E-state index contributed by atoms with van der Waals surface area (Å²) in [6.45, 7) is 6.61. The molecule has 0 saturated heterocycles. The lowest BCUT2D eigenvalue weighted by Gasteiger charge is -2.19. The quantitative estimate of drug-likeness (QED) is 0.643. The standard InChI is InChI=1S/C24H26N2O/c1-24(2,3)21-12-9-18(10-13-21)11-14-23(27)26-22-8-4-6-19(16-22)20-7-5-15-25-17-20/h4-10,12-13,15-17H,11,14H2,1-3H3,(H,26,27). The largest absolute Gasteiger partial charge is 0.326 e. The maximum Gasteiger partial charge on any atom is 0.224 e. The average molecular weight is 358 g/mol. The van der Waals surface area contributed by atoms with Crippen LogP contribution in [0.2, 0.25) is 0 Å². The molecular weight excluding hydrogens is 332 g/mol.